The SMILES string of the molecule is CCC1CCN(S(=O)(=O)c2ccc(C#CCCO)cc2)C1. The van der Waals surface area contributed by atoms with E-state index in [0.29, 0.717) is 30.3 Å². The molecule has 0 aliphatic carbocycles. The Morgan fingerprint density at radius 3 is 2.62 bits per heavy atom. The van der Waals surface area contributed by atoms with Crippen molar-refractivity contribution < 1.29 is 13.5 Å². The molecular weight excluding hydrogens is 286 g/mol. The highest BCUT2D eigenvalue weighted by Crippen LogP contribution is 2.25. The standard InChI is InChI=1S/C16H21NO3S/c1-2-14-10-11-17(13-14)21(19,20)16-8-6-15(7-9-16)5-3-4-12-18/h6-9,14,18H,2,4,10-13H2,1H3. The molecule has 5 heteroatoms. The molecule has 1 saturated heterocycles. The van der Waals surface area contributed by atoms with E-state index < -0.39 is 10.0 Å². The summed E-state index contributed by atoms with van der Waals surface area (Å²) in [5.41, 5.74) is 0.759. The van der Waals surface area contributed by atoms with E-state index in [1.54, 1.807) is 28.6 Å². The minimum absolute atomic E-state index is 0.0347. The van der Waals surface area contributed by atoms with Gasteiger partial charge in [0, 0.05) is 25.1 Å². The highest BCUT2D eigenvalue weighted by molar-refractivity contribution is 7.89. The average Bonchev–Trinajstić information content (AvgIpc) is 2.98. The molecule has 0 radical (unpaired) electrons. The summed E-state index contributed by atoms with van der Waals surface area (Å²) in [6.07, 6.45) is 2.39. The molecule has 0 saturated carbocycles. The minimum atomic E-state index is -3.38. The Morgan fingerprint density at radius 2 is 2.05 bits per heavy atom. The van der Waals surface area contributed by atoms with Crippen molar-refractivity contribution in [2.45, 2.75) is 31.1 Å². The van der Waals surface area contributed by atoms with Crippen molar-refractivity contribution in [3.05, 3.63) is 29.8 Å². The van der Waals surface area contributed by atoms with Gasteiger partial charge in [0.15, 0.2) is 0 Å². The van der Waals surface area contributed by atoms with Gasteiger partial charge in [-0.1, -0.05) is 25.2 Å². The number of aliphatic hydroxyl groups is 1. The van der Waals surface area contributed by atoms with Gasteiger partial charge < -0.3 is 5.11 Å². The van der Waals surface area contributed by atoms with Gasteiger partial charge in [0.1, 0.15) is 0 Å². The van der Waals surface area contributed by atoms with E-state index in [0.717, 1.165) is 18.4 Å². The molecular formula is C16H21NO3S. The zero-order valence-electron chi connectivity index (χ0n) is 12.2. The van der Waals surface area contributed by atoms with Gasteiger partial charge in [-0.2, -0.15) is 4.31 Å². The molecule has 114 valence electrons. The molecule has 2 rings (SSSR count). The third kappa shape index (κ3) is 3.85. The van der Waals surface area contributed by atoms with Gasteiger partial charge in [0.2, 0.25) is 10.0 Å². The van der Waals surface area contributed by atoms with Crippen LogP contribution in [0.25, 0.3) is 0 Å². The van der Waals surface area contributed by atoms with E-state index in [-0.39, 0.29) is 6.61 Å². The van der Waals surface area contributed by atoms with E-state index in [2.05, 4.69) is 18.8 Å². The smallest absolute Gasteiger partial charge is 0.243 e. The normalized spacial score (nSPS) is 19.2. The monoisotopic (exact) mass is 307 g/mol. The van der Waals surface area contributed by atoms with Crippen molar-refractivity contribution in [1.82, 2.24) is 4.31 Å². The number of aliphatic hydroxyl groups excluding tert-OH is 1. The van der Waals surface area contributed by atoms with Crippen LogP contribution in [0.5, 0.6) is 0 Å². The predicted molar refractivity (Wildman–Crippen MR) is 82.2 cm³/mol. The van der Waals surface area contributed by atoms with Crippen LogP contribution in [0.1, 0.15) is 31.7 Å². The summed E-state index contributed by atoms with van der Waals surface area (Å²) in [6.45, 7) is 3.36. The number of nitrogens with zero attached hydrogens (tertiary/aromatic N) is 1. The molecule has 1 aliphatic heterocycles. The van der Waals surface area contributed by atoms with E-state index in [1.165, 1.54) is 0 Å². The fourth-order valence-corrected chi connectivity index (χ4v) is 3.96. The van der Waals surface area contributed by atoms with Crippen molar-refractivity contribution in [3.63, 3.8) is 0 Å². The maximum absolute atomic E-state index is 12.5. The lowest BCUT2D eigenvalue weighted by atomic mass is 10.1. The zero-order valence-corrected chi connectivity index (χ0v) is 13.1. The molecule has 0 amide bonds. The van der Waals surface area contributed by atoms with Crippen LogP contribution >= 0.6 is 0 Å². The fraction of sp³-hybridized carbons (Fsp3) is 0.500. The van der Waals surface area contributed by atoms with E-state index in [9.17, 15) is 8.42 Å². The van der Waals surface area contributed by atoms with Crippen LogP contribution in [-0.2, 0) is 10.0 Å². The highest BCUT2D eigenvalue weighted by atomic mass is 32.2. The number of hydrogen-bond donors (Lipinski definition) is 1. The summed E-state index contributed by atoms with van der Waals surface area (Å²) in [5, 5.41) is 8.67. The summed E-state index contributed by atoms with van der Waals surface area (Å²) in [7, 11) is -3.38. The number of hydrogen-bond acceptors (Lipinski definition) is 3. The Balaban J connectivity index is 2.13. The number of rotatable bonds is 4. The van der Waals surface area contributed by atoms with Crippen molar-refractivity contribution in [3.8, 4) is 11.8 Å². The molecule has 21 heavy (non-hydrogen) atoms. The maximum atomic E-state index is 12.5. The maximum Gasteiger partial charge on any atom is 0.243 e. The van der Waals surface area contributed by atoms with Gasteiger partial charge in [0.05, 0.1) is 11.5 Å². The third-order valence-corrected chi connectivity index (χ3v) is 5.67. The lowest BCUT2D eigenvalue weighted by molar-refractivity contribution is 0.305. The molecule has 1 atom stereocenters. The first-order chi connectivity index (χ1) is 10.1. The van der Waals surface area contributed by atoms with Crippen molar-refractivity contribution in [2.75, 3.05) is 19.7 Å². The van der Waals surface area contributed by atoms with Gasteiger partial charge >= 0.3 is 0 Å². The molecule has 1 N–H and O–H groups in total. The number of benzene rings is 1. The fourth-order valence-electron chi connectivity index (χ4n) is 2.43. The summed E-state index contributed by atoms with van der Waals surface area (Å²) in [6, 6.07) is 6.64. The van der Waals surface area contributed by atoms with Crippen molar-refractivity contribution in [2.24, 2.45) is 5.92 Å². The second-order valence-corrected chi connectivity index (χ2v) is 7.16. The second-order valence-electron chi connectivity index (χ2n) is 5.23. The van der Waals surface area contributed by atoms with Crippen LogP contribution in [-0.4, -0.2) is 37.5 Å². The first kappa shape index (κ1) is 16.0. The van der Waals surface area contributed by atoms with E-state index >= 15 is 0 Å². The molecule has 1 fully saturated rings. The van der Waals surface area contributed by atoms with Crippen LogP contribution in [0.4, 0.5) is 0 Å². The van der Waals surface area contributed by atoms with Gasteiger partial charge in [-0.15, -0.1) is 0 Å². The minimum Gasteiger partial charge on any atom is -0.395 e. The van der Waals surface area contributed by atoms with Crippen LogP contribution in [0, 0.1) is 17.8 Å². The third-order valence-electron chi connectivity index (χ3n) is 3.79. The molecule has 1 aromatic rings. The lowest BCUT2D eigenvalue weighted by Gasteiger charge is -2.16. The largest absolute Gasteiger partial charge is 0.395 e. The molecule has 0 aromatic heterocycles. The molecule has 1 unspecified atom stereocenters. The van der Waals surface area contributed by atoms with Gasteiger partial charge in [0.25, 0.3) is 0 Å². The topological polar surface area (TPSA) is 57.6 Å². The first-order valence-corrected chi connectivity index (χ1v) is 8.72. The van der Waals surface area contributed by atoms with Crippen LogP contribution in [0.2, 0.25) is 0 Å². The Labute approximate surface area is 126 Å². The summed E-state index contributed by atoms with van der Waals surface area (Å²) in [5.74, 6) is 6.19. The van der Waals surface area contributed by atoms with Gasteiger partial charge in [-0.3, -0.25) is 0 Å². The van der Waals surface area contributed by atoms with Gasteiger partial charge in [-0.25, -0.2) is 8.42 Å². The van der Waals surface area contributed by atoms with Crippen molar-refractivity contribution >= 4 is 10.0 Å². The Bertz CT molecular complexity index is 626. The lowest BCUT2D eigenvalue weighted by Crippen LogP contribution is -2.28. The quantitative estimate of drug-likeness (QED) is 0.864. The van der Waals surface area contributed by atoms with Crippen LogP contribution in [0.15, 0.2) is 29.2 Å². The summed E-state index contributed by atoms with van der Waals surface area (Å²) in [4.78, 5) is 0.326. The Kier molecular flexibility index (Phi) is 5.40. The van der Waals surface area contributed by atoms with E-state index in [1.807, 2.05) is 0 Å². The molecule has 4 nitrogen and oxygen atoms in total. The van der Waals surface area contributed by atoms with Crippen LogP contribution in [0.3, 0.4) is 0 Å². The first-order valence-electron chi connectivity index (χ1n) is 7.28. The molecule has 1 aliphatic rings. The Hall–Kier alpha value is -1.35. The molecule has 0 spiro atoms. The zero-order chi connectivity index (χ0) is 15.3. The molecule has 1 heterocycles. The molecule has 1 aromatic carbocycles. The second kappa shape index (κ2) is 7.08. The summed E-state index contributed by atoms with van der Waals surface area (Å²) < 4.78 is 26.6. The number of sulfonamides is 1. The van der Waals surface area contributed by atoms with Gasteiger partial charge in [-0.05, 0) is 36.6 Å². The highest BCUT2D eigenvalue weighted by Gasteiger charge is 2.31. The summed E-state index contributed by atoms with van der Waals surface area (Å²) >= 11 is 0. The van der Waals surface area contributed by atoms with E-state index in [4.69, 9.17) is 5.11 Å². The predicted octanol–water partition coefficient (Wildman–Crippen LogP) is 1.84. The average molecular weight is 307 g/mol. The van der Waals surface area contributed by atoms with Crippen LogP contribution < -0.4 is 0 Å². The van der Waals surface area contributed by atoms with Crippen molar-refractivity contribution in [1.29, 1.82) is 0 Å². The Morgan fingerprint density at radius 1 is 1.33 bits per heavy atom. The molecule has 0 bridgehead atoms.